The molecule has 1 atom stereocenters. The van der Waals surface area contributed by atoms with Crippen LogP contribution in [-0.4, -0.2) is 37.2 Å². The highest BCUT2D eigenvalue weighted by atomic mass is 16.6. The third kappa shape index (κ3) is 55.4. The maximum absolute atomic E-state index is 12.8. The summed E-state index contributed by atoms with van der Waals surface area (Å²) in [7, 11) is 0. The van der Waals surface area contributed by atoms with E-state index in [1.165, 1.54) is 141 Å². The molecule has 0 fully saturated rings. The van der Waals surface area contributed by atoms with E-state index in [0.717, 1.165) is 89.9 Å². The van der Waals surface area contributed by atoms with Crippen LogP contribution in [0.2, 0.25) is 0 Å². The van der Waals surface area contributed by atoms with E-state index in [4.69, 9.17) is 14.2 Å². The topological polar surface area (TPSA) is 78.9 Å². The van der Waals surface area contributed by atoms with E-state index < -0.39 is 6.10 Å². The first-order valence-corrected chi connectivity index (χ1v) is 29.1. The van der Waals surface area contributed by atoms with Crippen molar-refractivity contribution in [2.24, 2.45) is 0 Å². The first-order chi connectivity index (χ1) is 34.0. The Morgan fingerprint density at radius 2 is 0.594 bits per heavy atom. The van der Waals surface area contributed by atoms with Gasteiger partial charge in [0.1, 0.15) is 13.2 Å². The highest BCUT2D eigenvalue weighted by Gasteiger charge is 2.19. The van der Waals surface area contributed by atoms with Crippen molar-refractivity contribution < 1.29 is 28.6 Å². The number of allylic oxidation sites excluding steroid dienone is 14. The van der Waals surface area contributed by atoms with Crippen LogP contribution < -0.4 is 0 Å². The lowest BCUT2D eigenvalue weighted by Crippen LogP contribution is -2.30. The number of esters is 3. The minimum atomic E-state index is -0.813. The summed E-state index contributed by atoms with van der Waals surface area (Å²) in [6.45, 7) is 6.43. The molecule has 396 valence electrons. The van der Waals surface area contributed by atoms with E-state index in [1.807, 2.05) is 6.08 Å². The molecule has 0 radical (unpaired) electrons. The number of unbranched alkanes of at least 4 members (excludes halogenated alkanes) is 27. The van der Waals surface area contributed by atoms with Crippen molar-refractivity contribution in [3.05, 3.63) is 85.1 Å². The summed E-state index contributed by atoms with van der Waals surface area (Å²) in [5.74, 6) is -1.000. The second kappa shape index (κ2) is 57.2. The van der Waals surface area contributed by atoms with Gasteiger partial charge in [-0.3, -0.25) is 14.4 Å². The average Bonchev–Trinajstić information content (AvgIpc) is 3.35. The van der Waals surface area contributed by atoms with Crippen LogP contribution >= 0.6 is 0 Å². The van der Waals surface area contributed by atoms with Crippen LogP contribution in [0, 0.1) is 0 Å². The maximum atomic E-state index is 12.8. The Morgan fingerprint density at radius 1 is 0.304 bits per heavy atom. The van der Waals surface area contributed by atoms with E-state index in [9.17, 15) is 14.4 Å². The molecule has 0 saturated carbocycles. The lowest BCUT2D eigenvalue weighted by Gasteiger charge is -2.18. The first kappa shape index (κ1) is 65.6. The van der Waals surface area contributed by atoms with Gasteiger partial charge in [0, 0.05) is 19.3 Å². The Hall–Kier alpha value is -3.41. The summed E-state index contributed by atoms with van der Waals surface area (Å²) in [5.41, 5.74) is 0. The molecule has 0 bridgehead atoms. The Bertz CT molecular complexity index is 1330. The maximum Gasteiger partial charge on any atom is 0.306 e. The van der Waals surface area contributed by atoms with Gasteiger partial charge < -0.3 is 14.2 Å². The zero-order valence-electron chi connectivity index (χ0n) is 45.3. The zero-order chi connectivity index (χ0) is 50.0. The van der Waals surface area contributed by atoms with Crippen molar-refractivity contribution in [2.75, 3.05) is 13.2 Å². The lowest BCUT2D eigenvalue weighted by molar-refractivity contribution is -0.166. The Kier molecular flexibility index (Phi) is 54.3. The highest BCUT2D eigenvalue weighted by molar-refractivity contribution is 5.71. The smallest absolute Gasteiger partial charge is 0.306 e. The number of carbonyl (C=O) groups is 3. The molecule has 6 heteroatoms. The second-order valence-electron chi connectivity index (χ2n) is 19.2. The molecule has 0 aromatic heterocycles. The van der Waals surface area contributed by atoms with Gasteiger partial charge in [-0.15, -0.1) is 0 Å². The van der Waals surface area contributed by atoms with Gasteiger partial charge in [-0.05, 0) is 103 Å². The van der Waals surface area contributed by atoms with Gasteiger partial charge in [0.05, 0.1) is 0 Å². The van der Waals surface area contributed by atoms with E-state index in [1.54, 1.807) is 0 Å². The van der Waals surface area contributed by atoms with E-state index >= 15 is 0 Å². The van der Waals surface area contributed by atoms with E-state index in [-0.39, 0.29) is 37.5 Å². The molecular formula is C63H108O6. The average molecular weight is 962 g/mol. The van der Waals surface area contributed by atoms with Gasteiger partial charge in [0.15, 0.2) is 6.10 Å². The van der Waals surface area contributed by atoms with Crippen molar-refractivity contribution in [2.45, 2.75) is 284 Å². The molecule has 0 aliphatic rings. The van der Waals surface area contributed by atoms with E-state index in [2.05, 4.69) is 99.8 Å². The fourth-order valence-corrected chi connectivity index (χ4v) is 8.01. The third-order valence-electron chi connectivity index (χ3n) is 12.4. The second-order valence-corrected chi connectivity index (χ2v) is 19.2. The number of hydrogen-bond donors (Lipinski definition) is 0. The molecular weight excluding hydrogens is 853 g/mol. The molecule has 69 heavy (non-hydrogen) atoms. The van der Waals surface area contributed by atoms with E-state index in [0.29, 0.717) is 19.3 Å². The van der Waals surface area contributed by atoms with Crippen LogP contribution in [0.25, 0.3) is 0 Å². The molecule has 0 saturated heterocycles. The standard InChI is InChI=1S/C63H108O6/c1-4-7-10-13-16-19-22-25-27-28-29-30-31-32-33-34-36-38-41-44-47-50-53-56-62(65)68-59-60(58-67-61(64)55-52-49-46-43-40-37-24-21-18-15-12-9-6-3)69-63(66)57-54-51-48-45-42-39-35-26-23-20-17-14-11-8-5-2/h9,12,17-18,20-21,26,28-29,35,37,40,46,49,60H,4-8,10-11,13-16,19,22-25,27,30-34,36,38-39,41-45,47-48,50-59H2,1-3H3/b12-9-,20-17-,21-18-,29-28-,35-26-,40-37-,49-46-. The summed E-state index contributed by atoms with van der Waals surface area (Å²) < 4.78 is 16.8. The molecule has 0 heterocycles. The Labute approximate surface area is 426 Å². The zero-order valence-corrected chi connectivity index (χ0v) is 45.3. The molecule has 1 unspecified atom stereocenters. The van der Waals surface area contributed by atoms with Crippen molar-refractivity contribution in [3.8, 4) is 0 Å². The van der Waals surface area contributed by atoms with Gasteiger partial charge in [-0.1, -0.05) is 241 Å². The SMILES string of the molecule is CC/C=C\C/C=C\C/C=C\C/C=C\CCC(=O)OCC(COC(=O)CCCCCCCCCCCCC/C=C\CCCCCCCCCC)OC(=O)CCCCCCC/C=C\C/C=C\CCCCC. The van der Waals surface area contributed by atoms with Crippen molar-refractivity contribution >= 4 is 17.9 Å². The van der Waals surface area contributed by atoms with Gasteiger partial charge in [0.25, 0.3) is 0 Å². The molecule has 0 rings (SSSR count). The molecule has 6 nitrogen and oxygen atoms in total. The van der Waals surface area contributed by atoms with Crippen LogP contribution in [0.5, 0.6) is 0 Å². The fourth-order valence-electron chi connectivity index (χ4n) is 8.01. The molecule has 0 aromatic carbocycles. The summed E-state index contributed by atoms with van der Waals surface area (Å²) in [6, 6.07) is 0. The predicted octanol–water partition coefficient (Wildman–Crippen LogP) is 19.5. The van der Waals surface area contributed by atoms with Gasteiger partial charge in [0.2, 0.25) is 0 Å². The predicted molar refractivity (Wildman–Crippen MR) is 297 cm³/mol. The monoisotopic (exact) mass is 961 g/mol. The summed E-state index contributed by atoms with van der Waals surface area (Å²) in [5, 5.41) is 0. The molecule has 0 amide bonds. The minimum absolute atomic E-state index is 0.104. The van der Waals surface area contributed by atoms with Crippen molar-refractivity contribution in [1.29, 1.82) is 0 Å². The molecule has 0 aliphatic carbocycles. The van der Waals surface area contributed by atoms with Crippen molar-refractivity contribution in [3.63, 3.8) is 0 Å². The van der Waals surface area contributed by atoms with Gasteiger partial charge >= 0.3 is 17.9 Å². The van der Waals surface area contributed by atoms with Crippen LogP contribution in [0.3, 0.4) is 0 Å². The molecule has 0 aliphatic heterocycles. The molecule has 0 aromatic rings. The quantitative estimate of drug-likeness (QED) is 0.0262. The molecule has 0 N–H and O–H groups in total. The van der Waals surface area contributed by atoms with Crippen LogP contribution in [0.1, 0.15) is 278 Å². The number of carbonyl (C=O) groups excluding carboxylic acids is 3. The third-order valence-corrected chi connectivity index (χ3v) is 12.4. The van der Waals surface area contributed by atoms with Crippen LogP contribution in [0.15, 0.2) is 85.1 Å². The van der Waals surface area contributed by atoms with Crippen LogP contribution in [-0.2, 0) is 28.6 Å². The van der Waals surface area contributed by atoms with Crippen molar-refractivity contribution in [1.82, 2.24) is 0 Å². The number of ether oxygens (including phenoxy) is 3. The van der Waals surface area contributed by atoms with Crippen LogP contribution in [0.4, 0.5) is 0 Å². The summed E-state index contributed by atoms with van der Waals surface area (Å²) >= 11 is 0. The number of hydrogen-bond acceptors (Lipinski definition) is 6. The first-order valence-electron chi connectivity index (χ1n) is 29.1. The van der Waals surface area contributed by atoms with Gasteiger partial charge in [-0.25, -0.2) is 0 Å². The lowest BCUT2D eigenvalue weighted by atomic mass is 10.0. The highest BCUT2D eigenvalue weighted by Crippen LogP contribution is 2.15. The fraction of sp³-hybridized carbons (Fsp3) is 0.730. The summed E-state index contributed by atoms with van der Waals surface area (Å²) in [4.78, 5) is 38.1. The Balaban J connectivity index is 4.37. The normalized spacial score (nSPS) is 12.7. The Morgan fingerprint density at radius 3 is 1.01 bits per heavy atom. The largest absolute Gasteiger partial charge is 0.462 e. The summed E-state index contributed by atoms with van der Waals surface area (Å²) in [6.07, 6.45) is 74.5. The van der Waals surface area contributed by atoms with Gasteiger partial charge in [-0.2, -0.15) is 0 Å². The number of rotatable bonds is 52. The molecule has 0 spiro atoms. The minimum Gasteiger partial charge on any atom is -0.462 e.